The number of hydrogen-bond acceptors (Lipinski definition) is 2. The smallest absolute Gasteiger partial charge is 0.307 e. The van der Waals surface area contributed by atoms with Crippen molar-refractivity contribution < 1.29 is 15.0 Å². The Hall–Kier alpha value is -0.570. The van der Waals surface area contributed by atoms with Crippen molar-refractivity contribution >= 4 is 5.97 Å². The number of aliphatic hydroxyl groups is 1. The molecule has 0 aromatic rings. The van der Waals surface area contributed by atoms with Crippen LogP contribution in [0.1, 0.15) is 26.2 Å². The normalized spacial score (nSPS) is 51.3. The van der Waals surface area contributed by atoms with Crippen molar-refractivity contribution in [3.8, 4) is 0 Å². The fraction of sp³-hybridized carbons (Fsp3) is 0.889. The molecule has 0 saturated heterocycles. The van der Waals surface area contributed by atoms with Crippen molar-refractivity contribution in [1.29, 1.82) is 0 Å². The van der Waals surface area contributed by atoms with Crippen molar-refractivity contribution in [2.75, 3.05) is 0 Å². The molecule has 0 radical (unpaired) electrons. The fourth-order valence-electron chi connectivity index (χ4n) is 3.02. The molecular formula is C9H14O3. The summed E-state index contributed by atoms with van der Waals surface area (Å²) in [4.78, 5) is 10.9. The maximum atomic E-state index is 10.9. The minimum absolute atomic E-state index is 0.225. The number of fused-ring (bicyclic) bond motifs is 2. The van der Waals surface area contributed by atoms with Gasteiger partial charge in [0.25, 0.3) is 0 Å². The first-order valence-electron chi connectivity index (χ1n) is 4.46. The van der Waals surface area contributed by atoms with E-state index in [2.05, 4.69) is 0 Å². The lowest BCUT2D eigenvalue weighted by Gasteiger charge is -2.28. The Morgan fingerprint density at radius 3 is 2.50 bits per heavy atom. The monoisotopic (exact) mass is 170 g/mol. The number of aliphatic carboxylic acids is 1. The highest BCUT2D eigenvalue weighted by Crippen LogP contribution is 2.58. The Labute approximate surface area is 71.4 Å². The van der Waals surface area contributed by atoms with E-state index in [4.69, 9.17) is 5.11 Å². The first-order valence-corrected chi connectivity index (χ1v) is 4.46. The van der Waals surface area contributed by atoms with E-state index in [1.54, 1.807) is 0 Å². The summed E-state index contributed by atoms with van der Waals surface area (Å²) < 4.78 is 0. The second-order valence-electron chi connectivity index (χ2n) is 4.37. The zero-order valence-corrected chi connectivity index (χ0v) is 7.16. The summed E-state index contributed by atoms with van der Waals surface area (Å²) in [6.45, 7) is 1.91. The first kappa shape index (κ1) is 8.05. The maximum absolute atomic E-state index is 10.9. The van der Waals surface area contributed by atoms with Gasteiger partial charge in [-0.3, -0.25) is 4.79 Å². The first-order chi connectivity index (χ1) is 5.55. The van der Waals surface area contributed by atoms with Gasteiger partial charge in [0, 0.05) is 5.41 Å². The molecule has 2 bridgehead atoms. The molecule has 3 heteroatoms. The van der Waals surface area contributed by atoms with Crippen LogP contribution in [0.5, 0.6) is 0 Å². The highest BCUT2D eigenvalue weighted by atomic mass is 16.4. The van der Waals surface area contributed by atoms with Crippen LogP contribution < -0.4 is 0 Å². The second-order valence-corrected chi connectivity index (χ2v) is 4.37. The lowest BCUT2D eigenvalue weighted by molar-refractivity contribution is -0.146. The van der Waals surface area contributed by atoms with Gasteiger partial charge < -0.3 is 10.2 Å². The lowest BCUT2D eigenvalue weighted by Crippen LogP contribution is -2.34. The molecule has 2 aliphatic rings. The van der Waals surface area contributed by atoms with Crippen LogP contribution in [-0.2, 0) is 4.79 Å². The Bertz CT molecular complexity index is 226. The third-order valence-electron chi connectivity index (χ3n) is 3.79. The summed E-state index contributed by atoms with van der Waals surface area (Å²) in [5.74, 6) is -0.799. The minimum atomic E-state index is -0.725. The molecule has 0 unspecified atom stereocenters. The van der Waals surface area contributed by atoms with Crippen LogP contribution in [0.25, 0.3) is 0 Å². The number of hydrogen-bond donors (Lipinski definition) is 2. The summed E-state index contributed by atoms with van der Waals surface area (Å²) in [6, 6.07) is 0. The number of carbonyl (C=O) groups is 1. The summed E-state index contributed by atoms with van der Waals surface area (Å²) in [6.07, 6.45) is 2.14. The second kappa shape index (κ2) is 2.22. The molecule has 0 aromatic carbocycles. The van der Waals surface area contributed by atoms with Crippen LogP contribution in [0, 0.1) is 17.3 Å². The molecule has 3 nitrogen and oxygen atoms in total. The highest BCUT2D eigenvalue weighted by Gasteiger charge is 2.59. The van der Waals surface area contributed by atoms with Gasteiger partial charge in [-0.25, -0.2) is 0 Å². The molecule has 2 N–H and O–H groups in total. The molecule has 2 aliphatic carbocycles. The van der Waals surface area contributed by atoms with Crippen molar-refractivity contribution in [1.82, 2.24) is 0 Å². The van der Waals surface area contributed by atoms with Crippen LogP contribution >= 0.6 is 0 Å². The molecule has 12 heavy (non-hydrogen) atoms. The van der Waals surface area contributed by atoms with Crippen LogP contribution in [0.4, 0.5) is 0 Å². The Kier molecular flexibility index (Phi) is 1.49. The van der Waals surface area contributed by atoms with Crippen molar-refractivity contribution in [2.45, 2.75) is 32.3 Å². The zero-order valence-electron chi connectivity index (χ0n) is 7.16. The molecule has 0 amide bonds. The van der Waals surface area contributed by atoms with Crippen LogP contribution in [0.15, 0.2) is 0 Å². The number of aliphatic hydroxyl groups excluding tert-OH is 1. The predicted molar refractivity (Wildman–Crippen MR) is 42.6 cm³/mol. The molecule has 0 aromatic heterocycles. The molecule has 0 heterocycles. The van der Waals surface area contributed by atoms with E-state index in [1.807, 2.05) is 6.92 Å². The highest BCUT2D eigenvalue weighted by molar-refractivity contribution is 5.72. The van der Waals surface area contributed by atoms with Gasteiger partial charge in [0.1, 0.15) is 0 Å². The van der Waals surface area contributed by atoms with Gasteiger partial charge in [-0.1, -0.05) is 6.92 Å². The van der Waals surface area contributed by atoms with Gasteiger partial charge >= 0.3 is 5.97 Å². The molecule has 2 fully saturated rings. The Balaban J connectivity index is 2.32. The Morgan fingerprint density at radius 2 is 2.25 bits per heavy atom. The number of carboxylic acid groups (broad SMARTS) is 1. The molecule has 68 valence electrons. The van der Waals surface area contributed by atoms with E-state index in [0.29, 0.717) is 6.42 Å². The van der Waals surface area contributed by atoms with Crippen LogP contribution in [-0.4, -0.2) is 22.3 Å². The summed E-state index contributed by atoms with van der Waals surface area (Å²) >= 11 is 0. The Morgan fingerprint density at radius 1 is 1.58 bits per heavy atom. The van der Waals surface area contributed by atoms with Crippen LogP contribution in [0.3, 0.4) is 0 Å². The van der Waals surface area contributed by atoms with Gasteiger partial charge in [-0.15, -0.1) is 0 Å². The van der Waals surface area contributed by atoms with Crippen LogP contribution in [0.2, 0.25) is 0 Å². The average Bonchev–Trinajstić information content (AvgIpc) is 2.38. The summed E-state index contributed by atoms with van der Waals surface area (Å²) in [7, 11) is 0. The quantitative estimate of drug-likeness (QED) is 0.614. The van der Waals surface area contributed by atoms with Gasteiger partial charge in [-0.05, 0) is 25.2 Å². The summed E-state index contributed by atoms with van der Waals surface area (Å²) in [5.41, 5.74) is -0.337. The number of carboxylic acids is 1. The average molecular weight is 170 g/mol. The van der Waals surface area contributed by atoms with Crippen molar-refractivity contribution in [3.63, 3.8) is 0 Å². The van der Waals surface area contributed by atoms with Crippen molar-refractivity contribution in [2.24, 2.45) is 17.3 Å². The van der Waals surface area contributed by atoms with E-state index in [-0.39, 0.29) is 17.3 Å². The van der Waals surface area contributed by atoms with E-state index in [9.17, 15) is 9.90 Å². The fourth-order valence-corrected chi connectivity index (χ4v) is 3.02. The molecular weight excluding hydrogens is 156 g/mol. The molecule has 2 rings (SSSR count). The lowest BCUT2D eigenvalue weighted by atomic mass is 9.79. The maximum Gasteiger partial charge on any atom is 0.307 e. The standard InChI is InChI=1S/C9H14O3/c1-9-3-2-5(4-6(9)10)7(9)8(11)12/h5-7,10H,2-4H2,1H3,(H,11,12)/t5-,6+,7-,9+/m1/s1. The SMILES string of the molecule is C[C@]12CC[C@H](C[C@@H]1O)[C@@H]2C(=O)O. The van der Waals surface area contributed by atoms with E-state index in [1.165, 1.54) is 0 Å². The zero-order chi connectivity index (χ0) is 8.93. The minimum Gasteiger partial charge on any atom is -0.481 e. The number of rotatable bonds is 1. The summed E-state index contributed by atoms with van der Waals surface area (Å²) in [5, 5.41) is 18.6. The van der Waals surface area contributed by atoms with Gasteiger partial charge in [0.2, 0.25) is 0 Å². The topological polar surface area (TPSA) is 57.5 Å². The predicted octanol–water partition coefficient (Wildman–Crippen LogP) is 0.868. The third-order valence-corrected chi connectivity index (χ3v) is 3.79. The van der Waals surface area contributed by atoms with E-state index >= 15 is 0 Å². The largest absolute Gasteiger partial charge is 0.481 e. The van der Waals surface area contributed by atoms with E-state index < -0.39 is 12.1 Å². The molecule has 2 saturated carbocycles. The third kappa shape index (κ3) is 0.774. The van der Waals surface area contributed by atoms with E-state index in [0.717, 1.165) is 12.8 Å². The van der Waals surface area contributed by atoms with Gasteiger partial charge in [-0.2, -0.15) is 0 Å². The van der Waals surface area contributed by atoms with Gasteiger partial charge in [0.15, 0.2) is 0 Å². The van der Waals surface area contributed by atoms with Gasteiger partial charge in [0.05, 0.1) is 12.0 Å². The molecule has 4 atom stereocenters. The van der Waals surface area contributed by atoms with Crippen molar-refractivity contribution in [3.05, 3.63) is 0 Å². The molecule has 0 aliphatic heterocycles. The molecule has 0 spiro atoms.